The van der Waals surface area contributed by atoms with E-state index >= 15 is 0 Å². The maximum Gasteiger partial charge on any atom is 0.252 e. The van der Waals surface area contributed by atoms with Crippen molar-refractivity contribution in [2.45, 2.75) is 85.0 Å². The van der Waals surface area contributed by atoms with Gasteiger partial charge in [0.15, 0.2) is 5.58 Å². The number of benzene rings is 7. The van der Waals surface area contributed by atoms with Crippen molar-refractivity contribution < 1.29 is 4.42 Å². The Morgan fingerprint density at radius 3 is 1.93 bits per heavy atom. The smallest absolute Gasteiger partial charge is 0.252 e. The van der Waals surface area contributed by atoms with Crippen LogP contribution in [0.25, 0.3) is 33.1 Å². The van der Waals surface area contributed by atoms with Gasteiger partial charge in [-0.1, -0.05) is 139 Å². The lowest BCUT2D eigenvalue weighted by molar-refractivity contribution is 0.403. The summed E-state index contributed by atoms with van der Waals surface area (Å²) in [5.41, 5.74) is 22.4. The fourth-order valence-electron chi connectivity index (χ4n) is 11.2. The van der Waals surface area contributed by atoms with Gasteiger partial charge in [-0.15, -0.1) is 0 Å². The molecule has 7 aromatic carbocycles. The van der Waals surface area contributed by atoms with E-state index in [2.05, 4.69) is 206 Å². The Kier molecular flexibility index (Phi) is 7.51. The number of rotatable bonds is 3. The predicted octanol–water partition coefficient (Wildman–Crippen LogP) is 13.2. The number of nitrogens with zero attached hydrogens (tertiary/aromatic N) is 2. The number of furan rings is 1. The molecule has 0 atom stereocenters. The fraction of sp³-hybridized carbons (Fsp3) is 0.236. The summed E-state index contributed by atoms with van der Waals surface area (Å²) in [5.74, 6) is 0. The summed E-state index contributed by atoms with van der Waals surface area (Å²) in [4.78, 5) is 5.14. The SMILES string of the molecule is Cc1cc2c3c(c1)N(c1cccc4c1oc1ccccc14)c1cc4c(cc1B3c1ccc(-c3ccccc3)cc1N2c1ccc(C(C)(C)C)cc1C)C(C)(C)CC4(C)C. The number of anilines is 6. The average molecular weight is 767 g/mol. The minimum atomic E-state index is 0.0248. The van der Waals surface area contributed by atoms with Crippen LogP contribution in [-0.4, -0.2) is 6.71 Å². The summed E-state index contributed by atoms with van der Waals surface area (Å²) >= 11 is 0. The van der Waals surface area contributed by atoms with Crippen molar-refractivity contribution in [3.05, 3.63) is 161 Å². The van der Waals surface area contributed by atoms with Crippen molar-refractivity contribution >= 4 is 79.2 Å². The number of hydrogen-bond acceptors (Lipinski definition) is 3. The Morgan fingerprint density at radius 2 is 1.20 bits per heavy atom. The van der Waals surface area contributed by atoms with Crippen LogP contribution in [0.5, 0.6) is 0 Å². The van der Waals surface area contributed by atoms with Gasteiger partial charge in [-0.2, -0.15) is 0 Å². The maximum atomic E-state index is 6.87. The molecule has 0 amide bonds. The molecule has 3 heterocycles. The molecule has 8 aromatic rings. The third-order valence-corrected chi connectivity index (χ3v) is 13.7. The van der Waals surface area contributed by atoms with Crippen molar-refractivity contribution in [2.75, 3.05) is 9.80 Å². The quantitative estimate of drug-likeness (QED) is 0.167. The van der Waals surface area contributed by atoms with Crippen LogP contribution in [0.4, 0.5) is 34.1 Å². The van der Waals surface area contributed by atoms with E-state index in [9.17, 15) is 0 Å². The number of aryl methyl sites for hydroxylation is 2. The summed E-state index contributed by atoms with van der Waals surface area (Å²) < 4.78 is 6.87. The molecule has 4 heteroatoms. The minimum absolute atomic E-state index is 0.0248. The molecule has 0 N–H and O–H groups in total. The highest BCUT2D eigenvalue weighted by Gasteiger charge is 2.48. The van der Waals surface area contributed by atoms with Gasteiger partial charge in [-0.05, 0) is 134 Å². The van der Waals surface area contributed by atoms with Crippen molar-refractivity contribution in [3.8, 4) is 11.1 Å². The van der Waals surface area contributed by atoms with Crippen molar-refractivity contribution in [1.29, 1.82) is 0 Å². The standard InChI is InChI=1S/C55H51BN2O/c1-33-26-48-51-49(27-33)58(45-20-15-19-39-38-18-13-14-21-50(38)59-52(39)45)47-31-41-40(54(6,7)32-55(41,8)9)30-43(47)56(51)42-24-22-36(35-16-11-10-12-17-35)29-46(42)57(48)44-25-23-37(28-34(44)2)53(3,4)5/h10-31H,32H2,1-9H3. The first-order chi connectivity index (χ1) is 28.2. The van der Waals surface area contributed by atoms with Crippen molar-refractivity contribution in [1.82, 2.24) is 0 Å². The zero-order valence-electron chi connectivity index (χ0n) is 35.8. The van der Waals surface area contributed by atoms with Crippen LogP contribution in [-0.2, 0) is 16.2 Å². The highest BCUT2D eigenvalue weighted by Crippen LogP contribution is 2.53. The predicted molar refractivity (Wildman–Crippen MR) is 252 cm³/mol. The van der Waals surface area contributed by atoms with E-state index in [1.807, 2.05) is 0 Å². The minimum Gasteiger partial charge on any atom is -0.454 e. The van der Waals surface area contributed by atoms with Gasteiger partial charge >= 0.3 is 0 Å². The van der Waals surface area contributed by atoms with Crippen LogP contribution < -0.4 is 26.2 Å². The molecule has 1 aliphatic carbocycles. The van der Waals surface area contributed by atoms with Gasteiger partial charge in [-0.25, -0.2) is 0 Å². The Balaban J connectivity index is 1.26. The van der Waals surface area contributed by atoms with Crippen LogP contribution in [0.3, 0.4) is 0 Å². The van der Waals surface area contributed by atoms with E-state index in [-0.39, 0.29) is 23.0 Å². The molecule has 11 rings (SSSR count). The molecule has 2 aliphatic heterocycles. The van der Waals surface area contributed by atoms with Gasteiger partial charge in [0.25, 0.3) is 6.71 Å². The molecule has 0 spiro atoms. The van der Waals surface area contributed by atoms with E-state index in [0.717, 1.165) is 34.0 Å². The Labute approximate surface area is 349 Å². The number of hydrogen-bond donors (Lipinski definition) is 0. The fourth-order valence-corrected chi connectivity index (χ4v) is 11.2. The van der Waals surface area contributed by atoms with Gasteiger partial charge in [0.05, 0.1) is 5.69 Å². The first-order valence-corrected chi connectivity index (χ1v) is 21.3. The normalized spacial score (nSPS) is 16.0. The molecule has 290 valence electrons. The second-order valence-electron chi connectivity index (χ2n) is 19.9. The summed E-state index contributed by atoms with van der Waals surface area (Å²) in [6.45, 7) is 21.2. The highest BCUT2D eigenvalue weighted by molar-refractivity contribution is 7.00. The monoisotopic (exact) mass is 766 g/mol. The first-order valence-electron chi connectivity index (χ1n) is 21.3. The zero-order valence-corrected chi connectivity index (χ0v) is 35.8. The molecule has 1 aromatic heterocycles. The molecule has 0 saturated carbocycles. The largest absolute Gasteiger partial charge is 0.454 e. The lowest BCUT2D eigenvalue weighted by atomic mass is 9.33. The zero-order chi connectivity index (χ0) is 40.7. The van der Waals surface area contributed by atoms with Gasteiger partial charge in [0.1, 0.15) is 5.58 Å². The van der Waals surface area contributed by atoms with Crippen LogP contribution in [0.2, 0.25) is 0 Å². The molecule has 0 fully saturated rings. The van der Waals surface area contributed by atoms with Crippen molar-refractivity contribution in [3.63, 3.8) is 0 Å². The molecular formula is C55H51BN2O. The lowest BCUT2D eigenvalue weighted by Crippen LogP contribution is -2.61. The maximum absolute atomic E-state index is 6.87. The average Bonchev–Trinajstić information content (AvgIpc) is 3.67. The number of para-hydroxylation sites is 2. The Hall–Kier alpha value is -6.00. The summed E-state index contributed by atoms with van der Waals surface area (Å²) in [5, 5.41) is 2.28. The van der Waals surface area contributed by atoms with E-state index in [4.69, 9.17) is 4.42 Å². The molecule has 59 heavy (non-hydrogen) atoms. The van der Waals surface area contributed by atoms with E-state index in [1.54, 1.807) is 0 Å². The van der Waals surface area contributed by atoms with Gasteiger partial charge in [-0.3, -0.25) is 0 Å². The highest BCUT2D eigenvalue weighted by atomic mass is 16.3. The van der Waals surface area contributed by atoms with E-state index < -0.39 is 0 Å². The lowest BCUT2D eigenvalue weighted by Gasteiger charge is -2.45. The molecule has 0 radical (unpaired) electrons. The van der Waals surface area contributed by atoms with E-state index in [0.29, 0.717) is 0 Å². The second kappa shape index (κ2) is 12.3. The van der Waals surface area contributed by atoms with E-state index in [1.165, 1.54) is 83.8 Å². The molecule has 0 bridgehead atoms. The van der Waals surface area contributed by atoms with Crippen LogP contribution in [0, 0.1) is 13.8 Å². The topological polar surface area (TPSA) is 19.6 Å². The number of fused-ring (bicyclic) bond motifs is 8. The summed E-state index contributed by atoms with van der Waals surface area (Å²) in [6, 6.07) is 50.4. The molecular weight excluding hydrogens is 715 g/mol. The first kappa shape index (κ1) is 36.1. The van der Waals surface area contributed by atoms with Gasteiger partial charge in [0.2, 0.25) is 0 Å². The summed E-state index contributed by atoms with van der Waals surface area (Å²) in [7, 11) is 0. The van der Waals surface area contributed by atoms with Crippen LogP contribution in [0.1, 0.15) is 82.7 Å². The summed E-state index contributed by atoms with van der Waals surface area (Å²) in [6.07, 6.45) is 1.11. The van der Waals surface area contributed by atoms with Crippen molar-refractivity contribution in [2.24, 2.45) is 0 Å². The molecule has 3 aliphatic rings. The van der Waals surface area contributed by atoms with Crippen LogP contribution in [0.15, 0.2) is 138 Å². The molecule has 3 nitrogen and oxygen atoms in total. The van der Waals surface area contributed by atoms with Gasteiger partial charge in [0, 0.05) is 39.2 Å². The third kappa shape index (κ3) is 5.28. The third-order valence-electron chi connectivity index (χ3n) is 13.7. The Morgan fingerprint density at radius 1 is 0.542 bits per heavy atom. The Bertz CT molecular complexity index is 3050. The second-order valence-corrected chi connectivity index (χ2v) is 19.9. The molecule has 0 unspecified atom stereocenters. The van der Waals surface area contributed by atoms with Crippen LogP contribution >= 0.6 is 0 Å². The molecule has 0 saturated heterocycles. The van der Waals surface area contributed by atoms with Gasteiger partial charge < -0.3 is 14.2 Å².